The molecule has 0 saturated heterocycles. The Bertz CT molecular complexity index is 659. The molecule has 2 atom stereocenters. The van der Waals surface area contributed by atoms with Gasteiger partial charge in [0.25, 0.3) is 0 Å². The lowest BCUT2D eigenvalue weighted by molar-refractivity contribution is 0.620. The number of nitrogens with zero attached hydrogens (tertiary/aromatic N) is 3. The number of fused-ring (bicyclic) bond motifs is 3. The smallest absolute Gasteiger partial charge is 0.121 e. The number of hydrogen-bond donors (Lipinski definition) is 1. The van der Waals surface area contributed by atoms with E-state index in [1.165, 1.54) is 17.3 Å². The first-order chi connectivity index (χ1) is 9.40. The molecule has 2 aliphatic rings. The van der Waals surface area contributed by atoms with E-state index in [4.69, 9.17) is 4.99 Å². The fraction of sp³-hybridized carbons (Fsp3) is 0.214. The number of hydrogen-bond acceptors (Lipinski definition) is 5. The molecule has 4 rings (SSSR count). The Kier molecular flexibility index (Phi) is 2.45. The molecule has 0 bridgehead atoms. The van der Waals surface area contributed by atoms with Gasteiger partial charge in [-0.15, -0.1) is 0 Å². The van der Waals surface area contributed by atoms with Gasteiger partial charge in [0.1, 0.15) is 23.3 Å². The quantitative estimate of drug-likeness (QED) is 0.908. The van der Waals surface area contributed by atoms with Crippen LogP contribution in [0.3, 0.4) is 0 Å². The van der Waals surface area contributed by atoms with Crippen LogP contribution in [0, 0.1) is 0 Å². The van der Waals surface area contributed by atoms with Gasteiger partial charge in [-0.25, -0.2) is 0 Å². The Balaban J connectivity index is 1.62. The number of aliphatic imine (C=N–C) groups is 1. The molecule has 5 heteroatoms. The predicted octanol–water partition coefficient (Wildman–Crippen LogP) is 2.22. The van der Waals surface area contributed by atoms with Gasteiger partial charge < -0.3 is 5.32 Å². The lowest BCUT2D eigenvalue weighted by atomic mass is 9.99. The molecule has 0 fully saturated rings. The highest BCUT2D eigenvalue weighted by Gasteiger charge is 2.34. The van der Waals surface area contributed by atoms with Crippen molar-refractivity contribution < 1.29 is 0 Å². The lowest BCUT2D eigenvalue weighted by Crippen LogP contribution is -2.32. The van der Waals surface area contributed by atoms with Gasteiger partial charge in [0.15, 0.2) is 0 Å². The highest BCUT2D eigenvalue weighted by molar-refractivity contribution is 6.99. The van der Waals surface area contributed by atoms with Gasteiger partial charge >= 0.3 is 0 Å². The van der Waals surface area contributed by atoms with Gasteiger partial charge in [0.05, 0.1) is 17.8 Å². The molecule has 0 amide bonds. The molecular formula is C14H12N4S. The summed E-state index contributed by atoms with van der Waals surface area (Å²) in [4.78, 5) is 4.78. The summed E-state index contributed by atoms with van der Waals surface area (Å²) in [5, 5.41) is 3.47. The average Bonchev–Trinajstić information content (AvgIpc) is 3.04. The van der Waals surface area contributed by atoms with Gasteiger partial charge in [-0.05, 0) is 11.6 Å². The second-order valence-electron chi connectivity index (χ2n) is 4.75. The fourth-order valence-electron chi connectivity index (χ4n) is 2.55. The van der Waals surface area contributed by atoms with E-state index in [1.54, 1.807) is 0 Å². The van der Waals surface area contributed by atoms with Crippen molar-refractivity contribution in [3.8, 4) is 0 Å². The summed E-state index contributed by atoms with van der Waals surface area (Å²) in [6.45, 7) is 0. The molecule has 19 heavy (non-hydrogen) atoms. The maximum atomic E-state index is 4.78. The van der Waals surface area contributed by atoms with E-state index < -0.39 is 0 Å². The zero-order chi connectivity index (χ0) is 12.7. The summed E-state index contributed by atoms with van der Waals surface area (Å²) >= 11 is 1.26. The average molecular weight is 268 g/mol. The first-order valence-electron chi connectivity index (χ1n) is 6.28. The summed E-state index contributed by atoms with van der Waals surface area (Å²) in [7, 11) is 0. The van der Waals surface area contributed by atoms with Crippen LogP contribution >= 0.6 is 11.7 Å². The van der Waals surface area contributed by atoms with Crippen molar-refractivity contribution in [1.29, 1.82) is 0 Å². The summed E-state index contributed by atoms with van der Waals surface area (Å²) in [5.41, 5.74) is 3.25. The van der Waals surface area contributed by atoms with E-state index in [-0.39, 0.29) is 12.1 Å². The Morgan fingerprint density at radius 3 is 2.95 bits per heavy atom. The van der Waals surface area contributed by atoms with Gasteiger partial charge in [0, 0.05) is 6.42 Å². The molecule has 2 heterocycles. The predicted molar refractivity (Wildman–Crippen MR) is 76.2 cm³/mol. The number of rotatable bonds is 2. The van der Waals surface area contributed by atoms with Gasteiger partial charge in [0.2, 0.25) is 0 Å². The van der Waals surface area contributed by atoms with Crippen LogP contribution in [0.1, 0.15) is 23.0 Å². The van der Waals surface area contributed by atoms with Crippen molar-refractivity contribution in [2.75, 3.05) is 0 Å². The third kappa shape index (κ3) is 1.86. The summed E-state index contributed by atoms with van der Waals surface area (Å²) < 4.78 is 8.65. The number of nitrogens with one attached hydrogen (secondary N) is 1. The molecule has 0 saturated carbocycles. The van der Waals surface area contributed by atoms with Crippen LogP contribution in [0.5, 0.6) is 0 Å². The van der Waals surface area contributed by atoms with Crippen molar-refractivity contribution >= 4 is 23.6 Å². The van der Waals surface area contributed by atoms with E-state index in [1.807, 2.05) is 12.1 Å². The van der Waals surface area contributed by atoms with Crippen LogP contribution in [0.15, 0.2) is 41.4 Å². The minimum absolute atomic E-state index is 0.0949. The molecule has 1 N–H and O–H groups in total. The molecular weight excluding hydrogens is 256 g/mol. The van der Waals surface area contributed by atoms with Crippen molar-refractivity contribution in [2.24, 2.45) is 4.99 Å². The normalized spacial score (nSPS) is 23.5. The maximum absolute atomic E-state index is 4.78. The molecule has 1 aromatic heterocycles. The molecule has 0 radical (unpaired) electrons. The molecule has 1 aliphatic carbocycles. The first-order valence-corrected chi connectivity index (χ1v) is 7.01. The van der Waals surface area contributed by atoms with Crippen molar-refractivity contribution in [3.05, 3.63) is 53.4 Å². The lowest BCUT2D eigenvalue weighted by Gasteiger charge is -2.16. The fourth-order valence-corrected chi connectivity index (χ4v) is 3.12. The van der Waals surface area contributed by atoms with Crippen molar-refractivity contribution in [2.45, 2.75) is 18.5 Å². The molecule has 2 aromatic rings. The van der Waals surface area contributed by atoms with Crippen molar-refractivity contribution in [3.63, 3.8) is 0 Å². The first kappa shape index (κ1) is 10.9. The van der Waals surface area contributed by atoms with Crippen LogP contribution in [0.4, 0.5) is 0 Å². The molecule has 0 spiro atoms. The van der Waals surface area contributed by atoms with Crippen LogP contribution in [-0.4, -0.2) is 20.6 Å². The van der Waals surface area contributed by atoms with Crippen molar-refractivity contribution in [1.82, 2.24) is 14.1 Å². The Morgan fingerprint density at radius 2 is 2.05 bits per heavy atom. The summed E-state index contributed by atoms with van der Waals surface area (Å²) in [6.07, 6.45) is 5.01. The molecule has 0 unspecified atom stereocenters. The summed E-state index contributed by atoms with van der Waals surface area (Å²) in [5.74, 6) is 1.03. The zero-order valence-corrected chi connectivity index (χ0v) is 11.0. The topological polar surface area (TPSA) is 50.2 Å². The minimum Gasteiger partial charge on any atom is -0.365 e. The monoisotopic (exact) mass is 268 g/mol. The van der Waals surface area contributed by atoms with Crippen LogP contribution in [0.2, 0.25) is 0 Å². The zero-order valence-electron chi connectivity index (χ0n) is 10.2. The maximum Gasteiger partial charge on any atom is 0.121 e. The van der Waals surface area contributed by atoms with Crippen LogP contribution < -0.4 is 5.32 Å². The van der Waals surface area contributed by atoms with Crippen LogP contribution in [-0.2, 0) is 6.42 Å². The Morgan fingerprint density at radius 1 is 1.16 bits per heavy atom. The highest BCUT2D eigenvalue weighted by atomic mass is 32.1. The van der Waals surface area contributed by atoms with Gasteiger partial charge in [-0.2, -0.15) is 8.75 Å². The molecule has 1 aromatic carbocycles. The minimum atomic E-state index is 0.0949. The SMILES string of the molecule is C1=C[C@@H]2NC(Cc3ccccc3)=N[C@H]2c2nsnc21. The second kappa shape index (κ2) is 4.28. The Labute approximate surface area is 115 Å². The summed E-state index contributed by atoms with van der Waals surface area (Å²) in [6, 6.07) is 10.7. The third-order valence-corrected chi connectivity index (χ3v) is 4.02. The number of aromatic nitrogens is 2. The van der Waals surface area contributed by atoms with E-state index in [0.717, 1.165) is 23.6 Å². The van der Waals surface area contributed by atoms with E-state index >= 15 is 0 Å². The largest absolute Gasteiger partial charge is 0.365 e. The van der Waals surface area contributed by atoms with Crippen LogP contribution in [0.25, 0.3) is 6.08 Å². The molecule has 1 aliphatic heterocycles. The van der Waals surface area contributed by atoms with Gasteiger partial charge in [-0.1, -0.05) is 36.4 Å². The second-order valence-corrected chi connectivity index (χ2v) is 5.28. The number of benzene rings is 1. The van der Waals surface area contributed by atoms with E-state index in [2.05, 4.69) is 44.4 Å². The molecule has 4 nitrogen and oxygen atoms in total. The standard InChI is InChI=1S/C14H12N4S/c1-2-4-9(5-3-1)8-12-15-10-6-7-11-14(13(10)16-12)18-19-17-11/h1-7,10,13H,8H2,(H,15,16)/t10-,13+/m0/s1. The molecule has 94 valence electrons. The Hall–Kier alpha value is -2.01. The highest BCUT2D eigenvalue weighted by Crippen LogP contribution is 2.32. The third-order valence-electron chi connectivity index (χ3n) is 3.47. The van der Waals surface area contributed by atoms with Gasteiger partial charge in [-0.3, -0.25) is 4.99 Å². The number of amidine groups is 1. The van der Waals surface area contributed by atoms with E-state index in [9.17, 15) is 0 Å². The van der Waals surface area contributed by atoms with E-state index in [0.29, 0.717) is 0 Å².